The molecule has 1 amide bonds. The molecule has 6 nitrogen and oxygen atoms in total. The molecular weight excluding hydrogens is 419 g/mol. The van der Waals surface area contributed by atoms with Crippen LogP contribution in [0.4, 0.5) is 15.8 Å². The first kappa shape index (κ1) is 23.3. The Balaban J connectivity index is 1.45. The van der Waals surface area contributed by atoms with Crippen molar-refractivity contribution in [1.82, 2.24) is 9.80 Å². The Hall–Kier alpha value is -2.35. The Bertz CT molecular complexity index is 872. The second-order valence-corrected chi connectivity index (χ2v) is 8.31. The van der Waals surface area contributed by atoms with Crippen molar-refractivity contribution < 1.29 is 13.9 Å². The van der Waals surface area contributed by atoms with E-state index in [1.807, 2.05) is 32.3 Å². The summed E-state index contributed by atoms with van der Waals surface area (Å²) in [4.78, 5) is 18.9. The van der Waals surface area contributed by atoms with Crippen LogP contribution in [0.1, 0.15) is 6.42 Å². The van der Waals surface area contributed by atoms with E-state index in [2.05, 4.69) is 26.1 Å². The van der Waals surface area contributed by atoms with Crippen LogP contribution in [0.2, 0.25) is 5.02 Å². The summed E-state index contributed by atoms with van der Waals surface area (Å²) >= 11 is 5.75. The molecule has 2 aromatic rings. The van der Waals surface area contributed by atoms with Gasteiger partial charge in [0.05, 0.1) is 11.4 Å². The molecular formula is C23H30ClFN4O2. The van der Waals surface area contributed by atoms with Gasteiger partial charge in [-0.3, -0.25) is 9.69 Å². The molecule has 1 N–H and O–H groups in total. The van der Waals surface area contributed by atoms with Crippen LogP contribution in [0.5, 0.6) is 5.75 Å². The molecule has 1 aliphatic rings. The van der Waals surface area contributed by atoms with Gasteiger partial charge in [0.15, 0.2) is 0 Å². The van der Waals surface area contributed by atoms with Crippen LogP contribution in [-0.4, -0.2) is 75.7 Å². The number of para-hydroxylation sites is 2. The topological polar surface area (TPSA) is 48.1 Å². The summed E-state index contributed by atoms with van der Waals surface area (Å²) in [7, 11) is 4.06. The van der Waals surface area contributed by atoms with Gasteiger partial charge >= 0.3 is 0 Å². The Morgan fingerprint density at radius 2 is 1.90 bits per heavy atom. The Morgan fingerprint density at radius 1 is 1.16 bits per heavy atom. The molecule has 1 heterocycles. The number of hydrogen-bond acceptors (Lipinski definition) is 5. The lowest BCUT2D eigenvalue weighted by Crippen LogP contribution is -2.47. The summed E-state index contributed by atoms with van der Waals surface area (Å²) in [6.45, 7) is 5.58. The fraction of sp³-hybridized carbons (Fsp3) is 0.435. The number of amides is 1. The molecule has 0 unspecified atom stereocenters. The van der Waals surface area contributed by atoms with E-state index in [1.54, 1.807) is 6.07 Å². The maximum Gasteiger partial charge on any atom is 0.225 e. The Kier molecular flexibility index (Phi) is 8.51. The Labute approximate surface area is 188 Å². The van der Waals surface area contributed by atoms with Gasteiger partial charge < -0.3 is 19.9 Å². The molecule has 1 saturated heterocycles. The highest BCUT2D eigenvalue weighted by Crippen LogP contribution is 2.29. The average Bonchev–Trinajstić information content (AvgIpc) is 2.75. The van der Waals surface area contributed by atoms with E-state index in [0.29, 0.717) is 24.6 Å². The lowest BCUT2D eigenvalue weighted by molar-refractivity contribution is -0.116. The molecule has 0 radical (unpaired) electrons. The normalized spacial score (nSPS) is 14.7. The van der Waals surface area contributed by atoms with Gasteiger partial charge in [-0.25, -0.2) is 4.39 Å². The van der Waals surface area contributed by atoms with Crippen molar-refractivity contribution in [2.45, 2.75) is 6.42 Å². The maximum atomic E-state index is 13.8. The summed E-state index contributed by atoms with van der Waals surface area (Å²) in [6.07, 6.45) is 0.312. The molecule has 0 spiro atoms. The van der Waals surface area contributed by atoms with Gasteiger partial charge in [0.25, 0.3) is 0 Å². The quantitative estimate of drug-likeness (QED) is 0.635. The summed E-state index contributed by atoms with van der Waals surface area (Å²) in [5, 5.41) is 2.92. The third kappa shape index (κ3) is 7.09. The zero-order valence-electron chi connectivity index (χ0n) is 18.1. The van der Waals surface area contributed by atoms with Crippen molar-refractivity contribution in [3.63, 3.8) is 0 Å². The largest absolute Gasteiger partial charge is 0.490 e. The van der Waals surface area contributed by atoms with Crippen molar-refractivity contribution in [3.8, 4) is 5.75 Å². The van der Waals surface area contributed by atoms with E-state index >= 15 is 0 Å². The fourth-order valence-electron chi connectivity index (χ4n) is 3.45. The number of anilines is 2. The van der Waals surface area contributed by atoms with Gasteiger partial charge in [-0.2, -0.15) is 0 Å². The predicted molar refractivity (Wildman–Crippen MR) is 124 cm³/mol. The van der Waals surface area contributed by atoms with E-state index in [4.69, 9.17) is 16.3 Å². The number of nitrogens with one attached hydrogen (secondary N) is 1. The maximum absolute atomic E-state index is 13.8. The molecule has 1 aliphatic heterocycles. The highest BCUT2D eigenvalue weighted by atomic mass is 35.5. The van der Waals surface area contributed by atoms with E-state index in [1.165, 1.54) is 12.1 Å². The molecule has 0 bridgehead atoms. The van der Waals surface area contributed by atoms with Crippen LogP contribution >= 0.6 is 11.6 Å². The van der Waals surface area contributed by atoms with Crippen LogP contribution < -0.4 is 15.0 Å². The summed E-state index contributed by atoms with van der Waals surface area (Å²) in [5.41, 5.74) is 1.27. The van der Waals surface area contributed by atoms with Crippen molar-refractivity contribution in [2.24, 2.45) is 0 Å². The third-order valence-corrected chi connectivity index (χ3v) is 5.47. The monoisotopic (exact) mass is 448 g/mol. The molecule has 8 heteroatoms. The minimum atomic E-state index is -0.527. The minimum absolute atomic E-state index is 0.157. The van der Waals surface area contributed by atoms with Crippen molar-refractivity contribution in [3.05, 3.63) is 53.3 Å². The smallest absolute Gasteiger partial charge is 0.225 e. The van der Waals surface area contributed by atoms with Crippen LogP contribution in [0.15, 0.2) is 42.5 Å². The van der Waals surface area contributed by atoms with Crippen molar-refractivity contribution in [2.75, 3.05) is 70.2 Å². The third-order valence-electron chi connectivity index (χ3n) is 5.23. The zero-order valence-corrected chi connectivity index (χ0v) is 18.9. The second kappa shape index (κ2) is 11.3. The molecule has 0 aromatic heterocycles. The number of likely N-dealkylation sites (N-methyl/N-ethyl adjacent to an activating group) is 1. The molecule has 0 saturated carbocycles. The molecule has 168 valence electrons. The lowest BCUT2D eigenvalue weighted by atomic mass is 10.2. The number of rotatable bonds is 9. The number of piperazine rings is 1. The van der Waals surface area contributed by atoms with Gasteiger partial charge in [0, 0.05) is 50.7 Å². The summed E-state index contributed by atoms with van der Waals surface area (Å²) in [6, 6.07) is 12.4. The standard InChI is InChI=1S/C23H30ClFN4O2/c1-27(2)15-16-31-22-6-4-3-5-21(22)29-13-11-28(12-14-29)10-9-23(30)26-20-8-7-18(24)17-19(20)25/h3-8,17H,9-16H2,1-2H3,(H,26,30). The predicted octanol–water partition coefficient (Wildman–Crippen LogP) is 3.57. The van der Waals surface area contributed by atoms with Gasteiger partial charge in [-0.05, 0) is 44.4 Å². The van der Waals surface area contributed by atoms with E-state index in [9.17, 15) is 9.18 Å². The van der Waals surface area contributed by atoms with Crippen LogP contribution in [-0.2, 0) is 4.79 Å². The van der Waals surface area contributed by atoms with Crippen molar-refractivity contribution in [1.29, 1.82) is 0 Å². The molecule has 0 atom stereocenters. The van der Waals surface area contributed by atoms with Crippen LogP contribution in [0.25, 0.3) is 0 Å². The fourth-order valence-corrected chi connectivity index (χ4v) is 3.61. The van der Waals surface area contributed by atoms with E-state index in [-0.39, 0.29) is 11.6 Å². The number of carbonyl (C=O) groups excluding carboxylic acids is 1. The number of carbonyl (C=O) groups is 1. The first-order valence-corrected chi connectivity index (χ1v) is 10.9. The molecule has 1 fully saturated rings. The van der Waals surface area contributed by atoms with Gasteiger partial charge in [-0.15, -0.1) is 0 Å². The zero-order chi connectivity index (χ0) is 22.2. The number of benzene rings is 2. The highest BCUT2D eigenvalue weighted by Gasteiger charge is 2.20. The van der Waals surface area contributed by atoms with E-state index < -0.39 is 5.82 Å². The summed E-state index contributed by atoms with van der Waals surface area (Å²) in [5.74, 6) is 0.173. The summed E-state index contributed by atoms with van der Waals surface area (Å²) < 4.78 is 19.8. The van der Waals surface area contributed by atoms with E-state index in [0.717, 1.165) is 44.2 Å². The van der Waals surface area contributed by atoms with Crippen LogP contribution in [0.3, 0.4) is 0 Å². The lowest BCUT2D eigenvalue weighted by Gasteiger charge is -2.36. The van der Waals surface area contributed by atoms with Gasteiger partial charge in [0.1, 0.15) is 18.2 Å². The second-order valence-electron chi connectivity index (χ2n) is 7.87. The first-order valence-electron chi connectivity index (χ1n) is 10.5. The number of hydrogen-bond donors (Lipinski definition) is 1. The SMILES string of the molecule is CN(C)CCOc1ccccc1N1CCN(CCC(=O)Nc2ccc(Cl)cc2F)CC1. The van der Waals surface area contributed by atoms with Gasteiger partial charge in [-0.1, -0.05) is 23.7 Å². The number of nitrogens with zero attached hydrogens (tertiary/aromatic N) is 3. The Morgan fingerprint density at radius 3 is 2.61 bits per heavy atom. The highest BCUT2D eigenvalue weighted by molar-refractivity contribution is 6.30. The number of halogens is 2. The first-order chi connectivity index (χ1) is 14.9. The average molecular weight is 449 g/mol. The molecule has 31 heavy (non-hydrogen) atoms. The molecule has 3 rings (SSSR count). The minimum Gasteiger partial charge on any atom is -0.490 e. The van der Waals surface area contributed by atoms with Crippen LogP contribution in [0, 0.1) is 5.82 Å². The molecule has 0 aliphatic carbocycles. The molecule has 2 aromatic carbocycles. The van der Waals surface area contributed by atoms with Crippen molar-refractivity contribution >= 4 is 28.9 Å². The number of ether oxygens (including phenoxy) is 1. The van der Waals surface area contributed by atoms with Gasteiger partial charge in [0.2, 0.25) is 5.91 Å².